The van der Waals surface area contributed by atoms with Crippen LogP contribution in [-0.2, 0) is 0 Å². The van der Waals surface area contributed by atoms with Crippen LogP contribution in [0.3, 0.4) is 0 Å². The van der Waals surface area contributed by atoms with Gasteiger partial charge in [-0.1, -0.05) is 0 Å². The van der Waals surface area contributed by atoms with Crippen molar-refractivity contribution in [3.05, 3.63) is 40.7 Å². The summed E-state index contributed by atoms with van der Waals surface area (Å²) in [6, 6.07) is 8.99. The lowest BCUT2D eigenvalue weighted by atomic mass is 10.2. The number of benzene rings is 1. The molecule has 0 amide bonds. The third-order valence-electron chi connectivity index (χ3n) is 2.54. The summed E-state index contributed by atoms with van der Waals surface area (Å²) in [5.74, 6) is 0.834. The van der Waals surface area contributed by atoms with Crippen molar-refractivity contribution >= 4 is 10.9 Å². The van der Waals surface area contributed by atoms with Gasteiger partial charge in [-0.25, -0.2) is 0 Å². The first-order chi connectivity index (χ1) is 8.29. The van der Waals surface area contributed by atoms with E-state index in [1.807, 2.05) is 25.2 Å². The number of ether oxygens (including phenoxy) is 1. The third kappa shape index (κ3) is 3.07. The first-order valence-electron chi connectivity index (χ1n) is 5.70. The Labute approximate surface area is 99.6 Å². The van der Waals surface area contributed by atoms with Gasteiger partial charge in [0, 0.05) is 17.0 Å². The van der Waals surface area contributed by atoms with Crippen LogP contribution in [0, 0.1) is 0 Å². The van der Waals surface area contributed by atoms with E-state index in [2.05, 4.69) is 10.3 Å². The molecule has 1 aromatic carbocycles. The molecule has 2 rings (SSSR count). The lowest BCUT2D eigenvalue weighted by Gasteiger charge is -2.06. The summed E-state index contributed by atoms with van der Waals surface area (Å²) in [7, 11) is 1.92. The maximum atomic E-state index is 11.1. The number of fused-ring (bicyclic) bond motifs is 1. The van der Waals surface area contributed by atoms with Crippen LogP contribution < -0.4 is 15.6 Å². The normalized spacial score (nSPS) is 10.6. The van der Waals surface area contributed by atoms with Crippen LogP contribution in [0.25, 0.3) is 10.9 Å². The SMILES string of the molecule is CNCCCOc1ccc2[nH]c(=O)ccc2c1. The predicted octanol–water partition coefficient (Wildman–Crippen LogP) is 1.52. The molecule has 0 saturated heterocycles. The highest BCUT2D eigenvalue weighted by Crippen LogP contribution is 2.18. The number of H-pyrrole nitrogens is 1. The van der Waals surface area contributed by atoms with E-state index < -0.39 is 0 Å². The van der Waals surface area contributed by atoms with E-state index in [4.69, 9.17) is 4.74 Å². The van der Waals surface area contributed by atoms with E-state index in [1.165, 1.54) is 6.07 Å². The molecule has 0 radical (unpaired) electrons. The standard InChI is InChI=1S/C13H16N2O2/c1-14-7-2-8-17-11-4-5-12-10(9-11)3-6-13(16)15-12/h3-6,9,14H,2,7-8H2,1H3,(H,15,16). The van der Waals surface area contributed by atoms with Crippen LogP contribution in [0.5, 0.6) is 5.75 Å². The van der Waals surface area contributed by atoms with Gasteiger partial charge in [-0.15, -0.1) is 0 Å². The Hall–Kier alpha value is -1.81. The molecule has 2 aromatic rings. The highest BCUT2D eigenvalue weighted by Gasteiger charge is 1.98. The minimum absolute atomic E-state index is 0.0832. The van der Waals surface area contributed by atoms with Crippen molar-refractivity contribution < 1.29 is 4.74 Å². The van der Waals surface area contributed by atoms with E-state index in [0.29, 0.717) is 6.61 Å². The summed E-state index contributed by atoms with van der Waals surface area (Å²) in [6.07, 6.45) is 0.972. The quantitative estimate of drug-likeness (QED) is 0.768. The molecular weight excluding hydrogens is 216 g/mol. The highest BCUT2D eigenvalue weighted by molar-refractivity contribution is 5.79. The third-order valence-corrected chi connectivity index (χ3v) is 2.54. The molecule has 4 heteroatoms. The maximum absolute atomic E-state index is 11.1. The average Bonchev–Trinajstić information content (AvgIpc) is 2.35. The molecule has 0 aliphatic carbocycles. The van der Waals surface area contributed by atoms with Crippen molar-refractivity contribution in [1.82, 2.24) is 10.3 Å². The molecule has 1 heterocycles. The molecule has 0 atom stereocenters. The zero-order valence-corrected chi connectivity index (χ0v) is 9.82. The largest absolute Gasteiger partial charge is 0.494 e. The Morgan fingerprint density at radius 1 is 1.29 bits per heavy atom. The van der Waals surface area contributed by atoms with Crippen molar-refractivity contribution in [3.63, 3.8) is 0 Å². The molecule has 0 unspecified atom stereocenters. The zero-order valence-electron chi connectivity index (χ0n) is 9.82. The summed E-state index contributed by atoms with van der Waals surface area (Å²) in [6.45, 7) is 1.64. The van der Waals surface area contributed by atoms with Gasteiger partial charge in [0.1, 0.15) is 5.75 Å². The number of hydrogen-bond acceptors (Lipinski definition) is 3. The van der Waals surface area contributed by atoms with Crippen molar-refractivity contribution in [1.29, 1.82) is 0 Å². The highest BCUT2D eigenvalue weighted by atomic mass is 16.5. The maximum Gasteiger partial charge on any atom is 0.248 e. The van der Waals surface area contributed by atoms with E-state index in [-0.39, 0.29) is 5.56 Å². The van der Waals surface area contributed by atoms with Crippen molar-refractivity contribution in [2.45, 2.75) is 6.42 Å². The van der Waals surface area contributed by atoms with E-state index in [9.17, 15) is 4.79 Å². The van der Waals surface area contributed by atoms with Gasteiger partial charge in [0.05, 0.1) is 6.61 Å². The van der Waals surface area contributed by atoms with Crippen LogP contribution >= 0.6 is 0 Å². The smallest absolute Gasteiger partial charge is 0.248 e. The topological polar surface area (TPSA) is 54.1 Å². The van der Waals surface area contributed by atoms with E-state index in [1.54, 1.807) is 6.07 Å². The lowest BCUT2D eigenvalue weighted by molar-refractivity contribution is 0.310. The molecule has 0 bridgehead atoms. The minimum Gasteiger partial charge on any atom is -0.494 e. The van der Waals surface area contributed by atoms with Crippen LogP contribution in [-0.4, -0.2) is 25.2 Å². The summed E-state index contributed by atoms with van der Waals surface area (Å²) in [5, 5.41) is 4.05. The Bertz CT molecular complexity index is 548. The second-order valence-corrected chi connectivity index (χ2v) is 3.88. The molecule has 0 aliphatic rings. The first-order valence-corrected chi connectivity index (χ1v) is 5.70. The summed E-state index contributed by atoms with van der Waals surface area (Å²) in [4.78, 5) is 13.9. The van der Waals surface area contributed by atoms with Crippen molar-refractivity contribution in [2.24, 2.45) is 0 Å². The van der Waals surface area contributed by atoms with Gasteiger partial charge in [0.15, 0.2) is 0 Å². The van der Waals surface area contributed by atoms with Gasteiger partial charge < -0.3 is 15.0 Å². The van der Waals surface area contributed by atoms with Gasteiger partial charge in [-0.2, -0.15) is 0 Å². The molecule has 4 nitrogen and oxygen atoms in total. The fourth-order valence-electron chi connectivity index (χ4n) is 1.66. The van der Waals surface area contributed by atoms with Gasteiger partial charge in [0.2, 0.25) is 5.56 Å². The second kappa shape index (κ2) is 5.50. The molecule has 2 N–H and O–H groups in total. The summed E-state index contributed by atoms with van der Waals surface area (Å²) in [5.41, 5.74) is 0.750. The van der Waals surface area contributed by atoms with Gasteiger partial charge in [0.25, 0.3) is 0 Å². The van der Waals surface area contributed by atoms with Crippen LogP contribution in [0.15, 0.2) is 35.1 Å². The molecule has 0 saturated carbocycles. The minimum atomic E-state index is -0.0832. The molecule has 90 valence electrons. The fourth-order valence-corrected chi connectivity index (χ4v) is 1.66. The lowest BCUT2D eigenvalue weighted by Crippen LogP contribution is -2.11. The molecule has 1 aromatic heterocycles. The number of aromatic amines is 1. The number of rotatable bonds is 5. The van der Waals surface area contributed by atoms with Crippen LogP contribution in [0.2, 0.25) is 0 Å². The Morgan fingerprint density at radius 2 is 2.18 bits per heavy atom. The van der Waals surface area contributed by atoms with E-state index in [0.717, 1.165) is 29.6 Å². The molecule has 0 aliphatic heterocycles. The van der Waals surface area contributed by atoms with Gasteiger partial charge in [-0.3, -0.25) is 4.79 Å². The van der Waals surface area contributed by atoms with Gasteiger partial charge in [-0.05, 0) is 44.3 Å². The Kier molecular flexibility index (Phi) is 3.77. The fraction of sp³-hybridized carbons (Fsp3) is 0.308. The summed E-state index contributed by atoms with van der Waals surface area (Å²) >= 11 is 0. The monoisotopic (exact) mass is 232 g/mol. The average molecular weight is 232 g/mol. The van der Waals surface area contributed by atoms with Gasteiger partial charge >= 0.3 is 0 Å². The number of nitrogens with one attached hydrogen (secondary N) is 2. The zero-order chi connectivity index (χ0) is 12.1. The number of hydrogen-bond donors (Lipinski definition) is 2. The molecular formula is C13H16N2O2. The number of pyridine rings is 1. The molecule has 0 fully saturated rings. The number of aromatic nitrogens is 1. The van der Waals surface area contributed by atoms with Crippen LogP contribution in [0.1, 0.15) is 6.42 Å². The van der Waals surface area contributed by atoms with E-state index >= 15 is 0 Å². The molecule has 0 spiro atoms. The summed E-state index contributed by atoms with van der Waals surface area (Å²) < 4.78 is 5.61. The van der Waals surface area contributed by atoms with Crippen molar-refractivity contribution in [2.75, 3.05) is 20.2 Å². The van der Waals surface area contributed by atoms with Crippen LogP contribution in [0.4, 0.5) is 0 Å². The Balaban J connectivity index is 2.09. The Morgan fingerprint density at radius 3 is 3.00 bits per heavy atom. The predicted molar refractivity (Wildman–Crippen MR) is 68.6 cm³/mol. The van der Waals surface area contributed by atoms with Crippen molar-refractivity contribution in [3.8, 4) is 5.75 Å². The molecule has 17 heavy (non-hydrogen) atoms. The first kappa shape index (κ1) is 11.7. The second-order valence-electron chi connectivity index (χ2n) is 3.88.